The van der Waals surface area contributed by atoms with E-state index in [2.05, 4.69) is 5.32 Å². The number of fused-ring (bicyclic) bond motifs is 1. The Hall–Kier alpha value is -2.96. The lowest BCUT2D eigenvalue weighted by Crippen LogP contribution is -2.48. The van der Waals surface area contributed by atoms with E-state index in [0.717, 1.165) is 17.5 Å². The van der Waals surface area contributed by atoms with Gasteiger partial charge in [0.25, 0.3) is 0 Å². The van der Waals surface area contributed by atoms with E-state index in [1.807, 2.05) is 50.3 Å². The molecule has 0 spiro atoms. The lowest BCUT2D eigenvalue weighted by atomic mass is 9.85. The fourth-order valence-electron chi connectivity index (χ4n) is 4.43. The minimum absolute atomic E-state index is 0.00155. The summed E-state index contributed by atoms with van der Waals surface area (Å²) in [7, 11) is 0. The molecule has 1 aliphatic heterocycles. The topological polar surface area (TPSA) is 86.8 Å². The second kappa shape index (κ2) is 10.6. The van der Waals surface area contributed by atoms with Crippen LogP contribution in [-0.4, -0.2) is 52.6 Å². The number of hydrogen-bond donors (Lipinski definition) is 1. The fraction of sp³-hybridized carbons (Fsp3) is 0.520. The minimum atomic E-state index is -0.661. The smallest absolute Gasteiger partial charge is 0.242 e. The largest absolute Gasteiger partial charge is 0.354 e. The van der Waals surface area contributed by atoms with Gasteiger partial charge in [-0.05, 0) is 38.7 Å². The standard InChI is InChI=1S/C25H33N3O4/c1-4-13-26-23(30)18(3)28(16-19-9-7-8-17(2)15-19)22(29)12-14-27-24(31)20-10-5-6-11-21(20)25(27)32/h5-9,15,18,20-21H,4,10-14,16H2,1-3H3,(H,26,30)/t18-,20-,21+/m0/s1. The molecule has 4 amide bonds. The van der Waals surface area contributed by atoms with Gasteiger partial charge < -0.3 is 10.2 Å². The van der Waals surface area contributed by atoms with Gasteiger partial charge in [-0.1, -0.05) is 48.9 Å². The van der Waals surface area contributed by atoms with Crippen LogP contribution in [0.3, 0.4) is 0 Å². The first-order chi connectivity index (χ1) is 15.3. The van der Waals surface area contributed by atoms with E-state index in [0.29, 0.717) is 19.4 Å². The molecule has 32 heavy (non-hydrogen) atoms. The van der Waals surface area contributed by atoms with Crippen LogP contribution >= 0.6 is 0 Å². The molecule has 1 aromatic carbocycles. The predicted octanol–water partition coefficient (Wildman–Crippen LogP) is 2.58. The molecular formula is C25H33N3O4. The van der Waals surface area contributed by atoms with Gasteiger partial charge in [0.2, 0.25) is 23.6 Å². The second-order valence-electron chi connectivity index (χ2n) is 8.71. The van der Waals surface area contributed by atoms with Gasteiger partial charge in [0, 0.05) is 26.1 Å². The van der Waals surface area contributed by atoms with Crippen LogP contribution in [0.25, 0.3) is 0 Å². The highest BCUT2D eigenvalue weighted by molar-refractivity contribution is 6.05. The van der Waals surface area contributed by atoms with E-state index in [1.165, 1.54) is 4.90 Å². The zero-order valence-corrected chi connectivity index (χ0v) is 19.2. The maximum absolute atomic E-state index is 13.2. The van der Waals surface area contributed by atoms with E-state index in [9.17, 15) is 19.2 Å². The van der Waals surface area contributed by atoms with Crippen LogP contribution in [0.15, 0.2) is 36.4 Å². The third-order valence-corrected chi connectivity index (χ3v) is 6.30. The third kappa shape index (κ3) is 5.26. The average molecular weight is 440 g/mol. The quantitative estimate of drug-likeness (QED) is 0.473. The molecule has 1 heterocycles. The number of carbonyl (C=O) groups is 4. The van der Waals surface area contributed by atoms with Crippen molar-refractivity contribution < 1.29 is 19.2 Å². The summed E-state index contributed by atoms with van der Waals surface area (Å²) in [5.41, 5.74) is 2.00. The lowest BCUT2D eigenvalue weighted by Gasteiger charge is -2.29. The maximum Gasteiger partial charge on any atom is 0.242 e. The number of rotatable bonds is 9. The number of carbonyl (C=O) groups excluding carboxylic acids is 4. The van der Waals surface area contributed by atoms with Gasteiger partial charge in [-0.3, -0.25) is 24.1 Å². The van der Waals surface area contributed by atoms with Crippen molar-refractivity contribution in [1.29, 1.82) is 0 Å². The number of nitrogens with zero attached hydrogens (tertiary/aromatic N) is 2. The predicted molar refractivity (Wildman–Crippen MR) is 121 cm³/mol. The van der Waals surface area contributed by atoms with E-state index in [-0.39, 0.29) is 55.0 Å². The molecule has 3 atom stereocenters. The molecule has 1 N–H and O–H groups in total. The Balaban J connectivity index is 1.70. The van der Waals surface area contributed by atoms with E-state index in [4.69, 9.17) is 0 Å². The highest BCUT2D eigenvalue weighted by Crippen LogP contribution is 2.35. The monoisotopic (exact) mass is 439 g/mol. The summed E-state index contributed by atoms with van der Waals surface area (Å²) in [5.74, 6) is -1.43. The summed E-state index contributed by atoms with van der Waals surface area (Å²) in [6.07, 6.45) is 5.85. The van der Waals surface area contributed by atoms with Crippen LogP contribution in [-0.2, 0) is 25.7 Å². The molecule has 0 saturated carbocycles. The van der Waals surface area contributed by atoms with Crippen LogP contribution in [0, 0.1) is 18.8 Å². The number of amides is 4. The number of imide groups is 1. The Bertz CT molecular complexity index is 884. The summed E-state index contributed by atoms with van der Waals surface area (Å²) in [6.45, 7) is 6.55. The van der Waals surface area contributed by atoms with Gasteiger partial charge in [-0.25, -0.2) is 0 Å². The summed E-state index contributed by atoms with van der Waals surface area (Å²) in [5, 5.41) is 2.85. The number of allylic oxidation sites excluding steroid dienone is 2. The van der Waals surface area contributed by atoms with E-state index < -0.39 is 6.04 Å². The molecular weight excluding hydrogens is 406 g/mol. The second-order valence-corrected chi connectivity index (χ2v) is 8.71. The number of hydrogen-bond acceptors (Lipinski definition) is 4. The fourth-order valence-corrected chi connectivity index (χ4v) is 4.43. The molecule has 1 aliphatic carbocycles. The number of likely N-dealkylation sites (tertiary alicyclic amines) is 1. The average Bonchev–Trinajstić information content (AvgIpc) is 3.03. The minimum Gasteiger partial charge on any atom is -0.354 e. The molecule has 1 saturated heterocycles. The van der Waals surface area contributed by atoms with Crippen LogP contribution < -0.4 is 5.32 Å². The van der Waals surface area contributed by atoms with Crippen LogP contribution in [0.5, 0.6) is 0 Å². The van der Waals surface area contributed by atoms with Crippen molar-refractivity contribution >= 4 is 23.6 Å². The summed E-state index contributed by atoms with van der Waals surface area (Å²) in [6, 6.07) is 7.15. The molecule has 0 aromatic heterocycles. The molecule has 7 nitrogen and oxygen atoms in total. The van der Waals surface area contributed by atoms with Gasteiger partial charge in [0.1, 0.15) is 6.04 Å². The zero-order chi connectivity index (χ0) is 23.3. The van der Waals surface area contributed by atoms with Gasteiger partial charge >= 0.3 is 0 Å². The van der Waals surface area contributed by atoms with Crippen molar-refractivity contribution in [3.63, 3.8) is 0 Å². The number of benzene rings is 1. The molecule has 1 fully saturated rings. The summed E-state index contributed by atoms with van der Waals surface area (Å²) < 4.78 is 0. The van der Waals surface area contributed by atoms with Crippen molar-refractivity contribution in [3.05, 3.63) is 47.5 Å². The van der Waals surface area contributed by atoms with Gasteiger partial charge in [-0.2, -0.15) is 0 Å². The molecule has 0 radical (unpaired) electrons. The van der Waals surface area contributed by atoms with Gasteiger partial charge in [0.15, 0.2) is 0 Å². The maximum atomic E-state index is 13.2. The number of aryl methyl sites for hydroxylation is 1. The van der Waals surface area contributed by atoms with Crippen molar-refractivity contribution in [2.75, 3.05) is 13.1 Å². The molecule has 2 aliphatic rings. The Labute approximate surface area is 189 Å². The van der Waals surface area contributed by atoms with Crippen molar-refractivity contribution in [3.8, 4) is 0 Å². The molecule has 172 valence electrons. The summed E-state index contributed by atoms with van der Waals surface area (Å²) >= 11 is 0. The Morgan fingerprint density at radius 3 is 2.41 bits per heavy atom. The zero-order valence-electron chi connectivity index (χ0n) is 19.2. The van der Waals surface area contributed by atoms with Crippen LogP contribution in [0.2, 0.25) is 0 Å². The van der Waals surface area contributed by atoms with Crippen LogP contribution in [0.4, 0.5) is 0 Å². The lowest BCUT2D eigenvalue weighted by molar-refractivity contribution is -0.143. The molecule has 0 unspecified atom stereocenters. The number of nitrogens with one attached hydrogen (secondary N) is 1. The Morgan fingerprint density at radius 2 is 1.81 bits per heavy atom. The van der Waals surface area contributed by atoms with Crippen LogP contribution in [0.1, 0.15) is 50.7 Å². The molecule has 7 heteroatoms. The Kier molecular flexibility index (Phi) is 7.83. The van der Waals surface area contributed by atoms with E-state index in [1.54, 1.807) is 11.8 Å². The van der Waals surface area contributed by atoms with Gasteiger partial charge in [0.05, 0.1) is 11.8 Å². The third-order valence-electron chi connectivity index (χ3n) is 6.30. The van der Waals surface area contributed by atoms with Crippen molar-refractivity contribution in [1.82, 2.24) is 15.1 Å². The highest BCUT2D eigenvalue weighted by atomic mass is 16.2. The molecule has 3 rings (SSSR count). The highest BCUT2D eigenvalue weighted by Gasteiger charge is 2.47. The first-order valence-corrected chi connectivity index (χ1v) is 11.5. The summed E-state index contributed by atoms with van der Waals surface area (Å²) in [4.78, 5) is 54.0. The molecule has 0 bridgehead atoms. The first kappa shape index (κ1) is 23.7. The van der Waals surface area contributed by atoms with Crippen molar-refractivity contribution in [2.45, 2.75) is 59.0 Å². The van der Waals surface area contributed by atoms with E-state index >= 15 is 0 Å². The first-order valence-electron chi connectivity index (χ1n) is 11.5. The normalized spacial score (nSPS) is 20.8. The van der Waals surface area contributed by atoms with Crippen molar-refractivity contribution in [2.24, 2.45) is 11.8 Å². The SMILES string of the molecule is CCCNC(=O)[C@H](C)N(Cc1cccc(C)c1)C(=O)CCN1C(=O)[C@H]2CC=CC[C@H]2C1=O. The van der Waals surface area contributed by atoms with Gasteiger partial charge in [-0.15, -0.1) is 0 Å². The molecule has 1 aromatic rings. The Morgan fingerprint density at radius 1 is 1.16 bits per heavy atom.